The van der Waals surface area contributed by atoms with Gasteiger partial charge < -0.3 is 9.84 Å². The van der Waals surface area contributed by atoms with Crippen molar-refractivity contribution in [2.45, 2.75) is 39.0 Å². The van der Waals surface area contributed by atoms with Crippen LogP contribution in [0.1, 0.15) is 43.1 Å². The molecule has 0 atom stereocenters. The third-order valence-electron chi connectivity index (χ3n) is 2.77. The Hall–Kier alpha value is -1.72. The Bertz CT molecular complexity index is 479. The summed E-state index contributed by atoms with van der Waals surface area (Å²) in [6.45, 7) is 5.40. The third kappa shape index (κ3) is 3.87. The van der Waals surface area contributed by atoms with Crippen LogP contribution >= 0.6 is 0 Å². The number of benzene rings is 1. The minimum absolute atomic E-state index is 0.109. The average molecular weight is 276 g/mol. The van der Waals surface area contributed by atoms with E-state index in [2.05, 4.69) is 0 Å². The zero-order valence-corrected chi connectivity index (χ0v) is 10.8. The molecule has 0 spiro atoms. The Morgan fingerprint density at radius 3 is 2.32 bits per heavy atom. The Morgan fingerprint density at radius 1 is 1.32 bits per heavy atom. The second-order valence-electron chi connectivity index (χ2n) is 4.73. The number of hydrogen-bond acceptors (Lipinski definition) is 2. The van der Waals surface area contributed by atoms with E-state index in [4.69, 9.17) is 9.84 Å². The van der Waals surface area contributed by atoms with E-state index in [0.717, 1.165) is 18.2 Å². The molecule has 0 unspecified atom stereocenters. The van der Waals surface area contributed by atoms with Crippen LogP contribution in [-0.4, -0.2) is 16.7 Å². The molecule has 0 amide bonds. The molecule has 0 aliphatic rings. The van der Waals surface area contributed by atoms with Crippen molar-refractivity contribution < 1.29 is 27.8 Å². The van der Waals surface area contributed by atoms with E-state index in [1.54, 1.807) is 13.8 Å². The SMILES string of the molecule is CCC(C)(C)Oc1ccc(C(F)(F)F)c(C(=O)O)c1. The van der Waals surface area contributed by atoms with Gasteiger partial charge in [0, 0.05) is 0 Å². The fraction of sp³-hybridized carbons (Fsp3) is 0.462. The third-order valence-corrected chi connectivity index (χ3v) is 2.77. The van der Waals surface area contributed by atoms with E-state index in [-0.39, 0.29) is 5.75 Å². The summed E-state index contributed by atoms with van der Waals surface area (Å²) in [6, 6.07) is 2.76. The van der Waals surface area contributed by atoms with Crippen LogP contribution in [0.4, 0.5) is 13.2 Å². The van der Waals surface area contributed by atoms with Gasteiger partial charge in [-0.3, -0.25) is 0 Å². The highest BCUT2D eigenvalue weighted by molar-refractivity contribution is 5.90. The Labute approximate surface area is 109 Å². The molecule has 106 valence electrons. The molecule has 0 aliphatic heterocycles. The maximum atomic E-state index is 12.6. The molecule has 1 aromatic carbocycles. The summed E-state index contributed by atoms with van der Waals surface area (Å²) in [5.41, 5.74) is -2.56. The molecule has 0 aromatic heterocycles. The number of ether oxygens (including phenoxy) is 1. The quantitative estimate of drug-likeness (QED) is 0.905. The molecule has 3 nitrogen and oxygen atoms in total. The van der Waals surface area contributed by atoms with E-state index in [1.165, 1.54) is 0 Å². The molecule has 0 heterocycles. The van der Waals surface area contributed by atoms with Gasteiger partial charge in [-0.05, 0) is 38.5 Å². The molecular weight excluding hydrogens is 261 g/mol. The maximum Gasteiger partial charge on any atom is 0.417 e. The molecular formula is C13H15F3O3. The number of aromatic carboxylic acids is 1. The molecule has 0 saturated heterocycles. The van der Waals surface area contributed by atoms with Crippen LogP contribution in [0.15, 0.2) is 18.2 Å². The average Bonchev–Trinajstić information content (AvgIpc) is 2.26. The van der Waals surface area contributed by atoms with Crippen molar-refractivity contribution in [2.75, 3.05) is 0 Å². The zero-order valence-electron chi connectivity index (χ0n) is 10.8. The van der Waals surface area contributed by atoms with E-state index in [9.17, 15) is 18.0 Å². The lowest BCUT2D eigenvalue weighted by molar-refractivity contribution is -0.138. The Morgan fingerprint density at radius 2 is 1.89 bits per heavy atom. The summed E-state index contributed by atoms with van der Waals surface area (Å²) < 4.78 is 43.4. The van der Waals surface area contributed by atoms with Crippen molar-refractivity contribution >= 4 is 5.97 Å². The van der Waals surface area contributed by atoms with Crippen molar-refractivity contribution in [2.24, 2.45) is 0 Å². The standard InChI is InChI=1S/C13H15F3O3/c1-4-12(2,3)19-8-5-6-10(13(14,15)16)9(7-8)11(17)18/h5-7H,4H2,1-3H3,(H,17,18). The number of rotatable bonds is 4. The van der Waals surface area contributed by atoms with Gasteiger partial charge in [-0.1, -0.05) is 6.92 Å². The van der Waals surface area contributed by atoms with E-state index in [0.29, 0.717) is 6.42 Å². The van der Waals surface area contributed by atoms with E-state index >= 15 is 0 Å². The molecule has 0 bridgehead atoms. The van der Waals surface area contributed by atoms with Crippen LogP contribution in [0.2, 0.25) is 0 Å². The van der Waals surface area contributed by atoms with Gasteiger partial charge in [-0.15, -0.1) is 0 Å². The number of hydrogen-bond donors (Lipinski definition) is 1. The Balaban J connectivity index is 3.21. The highest BCUT2D eigenvalue weighted by Crippen LogP contribution is 2.34. The minimum Gasteiger partial charge on any atom is -0.488 e. The Kier molecular flexibility index (Phi) is 4.12. The molecule has 19 heavy (non-hydrogen) atoms. The second-order valence-corrected chi connectivity index (χ2v) is 4.73. The smallest absolute Gasteiger partial charge is 0.417 e. The van der Waals surface area contributed by atoms with Gasteiger partial charge in [-0.2, -0.15) is 13.2 Å². The lowest BCUT2D eigenvalue weighted by Gasteiger charge is -2.25. The van der Waals surface area contributed by atoms with Crippen LogP contribution in [0.5, 0.6) is 5.75 Å². The van der Waals surface area contributed by atoms with Crippen molar-refractivity contribution in [1.29, 1.82) is 0 Å². The summed E-state index contributed by atoms with van der Waals surface area (Å²) >= 11 is 0. The van der Waals surface area contributed by atoms with Crippen LogP contribution in [-0.2, 0) is 6.18 Å². The topological polar surface area (TPSA) is 46.5 Å². The van der Waals surface area contributed by atoms with Gasteiger partial charge in [0.05, 0.1) is 11.1 Å². The molecule has 1 rings (SSSR count). The molecule has 6 heteroatoms. The van der Waals surface area contributed by atoms with Gasteiger partial charge in [0.25, 0.3) is 0 Å². The van der Waals surface area contributed by atoms with Crippen LogP contribution in [0.3, 0.4) is 0 Å². The van der Waals surface area contributed by atoms with Crippen molar-refractivity contribution in [3.8, 4) is 5.75 Å². The first-order valence-corrected chi connectivity index (χ1v) is 5.70. The summed E-state index contributed by atoms with van der Waals surface area (Å²) in [7, 11) is 0. The molecule has 0 fully saturated rings. The lowest BCUT2D eigenvalue weighted by atomic mass is 10.0. The monoisotopic (exact) mass is 276 g/mol. The summed E-state index contributed by atoms with van der Waals surface area (Å²) in [5, 5.41) is 8.85. The van der Waals surface area contributed by atoms with Crippen molar-refractivity contribution in [3.05, 3.63) is 29.3 Å². The van der Waals surface area contributed by atoms with Crippen molar-refractivity contribution in [3.63, 3.8) is 0 Å². The molecule has 0 radical (unpaired) electrons. The highest BCUT2D eigenvalue weighted by atomic mass is 19.4. The van der Waals surface area contributed by atoms with Gasteiger partial charge in [0.1, 0.15) is 11.4 Å². The first kappa shape index (κ1) is 15.3. The van der Waals surface area contributed by atoms with Gasteiger partial charge in [-0.25, -0.2) is 4.79 Å². The number of carbonyl (C=O) groups is 1. The van der Waals surface area contributed by atoms with Gasteiger partial charge in [0.2, 0.25) is 0 Å². The number of carboxylic acid groups (broad SMARTS) is 1. The number of alkyl halides is 3. The molecule has 1 N–H and O–H groups in total. The maximum absolute atomic E-state index is 12.6. The molecule has 0 aliphatic carbocycles. The first-order chi connectivity index (χ1) is 8.57. The minimum atomic E-state index is -4.70. The highest BCUT2D eigenvalue weighted by Gasteiger charge is 2.35. The zero-order chi connectivity index (χ0) is 14.8. The number of halogens is 3. The second kappa shape index (κ2) is 5.11. The first-order valence-electron chi connectivity index (χ1n) is 5.70. The van der Waals surface area contributed by atoms with Crippen LogP contribution in [0, 0.1) is 0 Å². The van der Waals surface area contributed by atoms with Crippen molar-refractivity contribution in [1.82, 2.24) is 0 Å². The summed E-state index contributed by atoms with van der Waals surface area (Å²) in [5.74, 6) is -1.52. The largest absolute Gasteiger partial charge is 0.488 e. The predicted octanol–water partition coefficient (Wildman–Crippen LogP) is 3.97. The van der Waals surface area contributed by atoms with E-state index in [1.807, 2.05) is 6.92 Å². The fourth-order valence-corrected chi connectivity index (χ4v) is 1.40. The van der Waals surface area contributed by atoms with Gasteiger partial charge >= 0.3 is 12.1 Å². The lowest BCUT2D eigenvalue weighted by Crippen LogP contribution is -2.27. The number of carboxylic acids is 1. The molecule has 1 aromatic rings. The molecule has 0 saturated carbocycles. The van der Waals surface area contributed by atoms with Gasteiger partial charge in [0.15, 0.2) is 0 Å². The normalized spacial score (nSPS) is 12.3. The predicted molar refractivity (Wildman–Crippen MR) is 63.4 cm³/mol. The van der Waals surface area contributed by atoms with Crippen LogP contribution in [0.25, 0.3) is 0 Å². The summed E-state index contributed by atoms with van der Waals surface area (Å²) in [6.07, 6.45) is -4.07. The van der Waals surface area contributed by atoms with Crippen LogP contribution < -0.4 is 4.74 Å². The fourth-order valence-electron chi connectivity index (χ4n) is 1.40. The summed E-state index contributed by atoms with van der Waals surface area (Å²) in [4.78, 5) is 10.9. The van der Waals surface area contributed by atoms with E-state index < -0.39 is 28.9 Å².